The number of carbonyl (C=O) groups is 2. The van der Waals surface area contributed by atoms with Crippen LogP contribution in [0, 0.1) is 0 Å². The highest BCUT2D eigenvalue weighted by Gasteiger charge is 2.19. The molecule has 0 radical (unpaired) electrons. The van der Waals surface area contributed by atoms with Crippen LogP contribution in [0.25, 0.3) is 0 Å². The van der Waals surface area contributed by atoms with E-state index in [-0.39, 0.29) is 12.1 Å². The predicted molar refractivity (Wildman–Crippen MR) is 144 cm³/mol. The highest BCUT2D eigenvalue weighted by molar-refractivity contribution is 6.31. The zero-order chi connectivity index (χ0) is 26.0. The van der Waals surface area contributed by atoms with Gasteiger partial charge in [-0.05, 0) is 60.5 Å². The van der Waals surface area contributed by atoms with Crippen molar-refractivity contribution in [3.63, 3.8) is 0 Å². The monoisotopic (exact) mass is 516 g/mol. The second-order valence-corrected chi connectivity index (χ2v) is 8.68. The fourth-order valence-corrected chi connectivity index (χ4v) is 3.14. The van der Waals surface area contributed by atoms with Crippen LogP contribution in [-0.4, -0.2) is 50.1 Å². The predicted octanol–water partition coefficient (Wildman–Crippen LogP) is 6.82. The van der Waals surface area contributed by atoms with Crippen molar-refractivity contribution in [3.05, 3.63) is 88.4 Å². The van der Waals surface area contributed by atoms with Gasteiger partial charge in [-0.2, -0.15) is 0 Å². The Bertz CT molecular complexity index is 1110. The van der Waals surface area contributed by atoms with Gasteiger partial charge in [0.15, 0.2) is 5.75 Å². The molecule has 0 aliphatic carbocycles. The quantitative estimate of drug-likeness (QED) is 0.378. The fraction of sp³-hybridized carbons (Fsp3) is 0.231. The minimum absolute atomic E-state index is 0.157. The number of hydroxylamine groups is 1. The SMILES string of the molecule is CCc1ccc(NC(=O)N(C)C)cc1Cl.CN(C)C(=O)N(Oc1ccc(Cl)cc1)c1ccccc1. The minimum Gasteiger partial charge on any atom is -0.370 e. The van der Waals surface area contributed by atoms with E-state index in [1.807, 2.05) is 37.3 Å². The number of aryl methyl sites for hydroxylation is 1. The molecule has 0 heterocycles. The van der Waals surface area contributed by atoms with Crippen LogP contribution in [0.15, 0.2) is 72.8 Å². The van der Waals surface area contributed by atoms with Crippen molar-refractivity contribution >= 4 is 46.6 Å². The minimum atomic E-state index is -0.272. The zero-order valence-corrected chi connectivity index (χ0v) is 22.0. The first-order valence-electron chi connectivity index (χ1n) is 10.9. The van der Waals surface area contributed by atoms with E-state index in [1.165, 1.54) is 14.9 Å². The third-order valence-corrected chi connectivity index (χ3v) is 5.25. The van der Waals surface area contributed by atoms with Crippen LogP contribution in [-0.2, 0) is 6.42 Å². The van der Waals surface area contributed by atoms with Gasteiger partial charge in [0.2, 0.25) is 0 Å². The summed E-state index contributed by atoms with van der Waals surface area (Å²) < 4.78 is 0. The summed E-state index contributed by atoms with van der Waals surface area (Å²) in [5, 5.41) is 5.28. The molecule has 186 valence electrons. The van der Waals surface area contributed by atoms with Crippen molar-refractivity contribution < 1.29 is 14.4 Å². The number of anilines is 2. The van der Waals surface area contributed by atoms with Gasteiger partial charge >= 0.3 is 12.1 Å². The number of benzene rings is 3. The van der Waals surface area contributed by atoms with Crippen LogP contribution in [0.3, 0.4) is 0 Å². The van der Waals surface area contributed by atoms with Gasteiger partial charge in [-0.1, -0.05) is 54.4 Å². The Morgan fingerprint density at radius 2 is 1.49 bits per heavy atom. The van der Waals surface area contributed by atoms with E-state index in [4.69, 9.17) is 28.0 Å². The third-order valence-electron chi connectivity index (χ3n) is 4.65. The van der Waals surface area contributed by atoms with Gasteiger partial charge in [0, 0.05) is 43.9 Å². The van der Waals surface area contributed by atoms with Crippen molar-refractivity contribution in [2.24, 2.45) is 0 Å². The molecule has 7 nitrogen and oxygen atoms in total. The molecule has 3 aromatic carbocycles. The molecular formula is C26H30Cl2N4O3. The van der Waals surface area contributed by atoms with Crippen LogP contribution >= 0.6 is 23.2 Å². The number of rotatable bonds is 5. The number of para-hydroxylation sites is 1. The van der Waals surface area contributed by atoms with Crippen LogP contribution in [0.5, 0.6) is 5.75 Å². The zero-order valence-electron chi connectivity index (χ0n) is 20.5. The van der Waals surface area contributed by atoms with Gasteiger partial charge in [0.05, 0.1) is 5.69 Å². The molecular weight excluding hydrogens is 487 g/mol. The Morgan fingerprint density at radius 3 is 2.00 bits per heavy atom. The van der Waals surface area contributed by atoms with Gasteiger partial charge in [-0.25, -0.2) is 9.59 Å². The van der Waals surface area contributed by atoms with Crippen molar-refractivity contribution in [1.82, 2.24) is 9.80 Å². The number of nitrogens with one attached hydrogen (secondary N) is 1. The van der Waals surface area contributed by atoms with Gasteiger partial charge in [-0.3, -0.25) is 0 Å². The molecule has 0 aliphatic rings. The van der Waals surface area contributed by atoms with E-state index in [2.05, 4.69) is 5.32 Å². The van der Waals surface area contributed by atoms with Crippen molar-refractivity contribution in [2.45, 2.75) is 13.3 Å². The van der Waals surface area contributed by atoms with Crippen LogP contribution in [0.1, 0.15) is 12.5 Å². The molecule has 0 unspecified atom stereocenters. The van der Waals surface area contributed by atoms with Crippen molar-refractivity contribution in [3.8, 4) is 5.75 Å². The van der Waals surface area contributed by atoms with E-state index in [1.54, 1.807) is 70.7 Å². The van der Waals surface area contributed by atoms with Crippen molar-refractivity contribution in [2.75, 3.05) is 38.6 Å². The Hall–Kier alpha value is -3.42. The summed E-state index contributed by atoms with van der Waals surface area (Å²) in [6.45, 7) is 2.04. The Kier molecular flexibility index (Phi) is 10.7. The number of hydrogen-bond acceptors (Lipinski definition) is 3. The van der Waals surface area contributed by atoms with Crippen LogP contribution < -0.4 is 15.2 Å². The number of halogens is 2. The molecule has 35 heavy (non-hydrogen) atoms. The molecule has 0 bridgehead atoms. The molecule has 4 amide bonds. The summed E-state index contributed by atoms with van der Waals surface area (Å²) in [4.78, 5) is 32.1. The first-order chi connectivity index (χ1) is 16.6. The number of amides is 4. The Balaban J connectivity index is 0.000000258. The number of nitrogens with zero attached hydrogens (tertiary/aromatic N) is 3. The van der Waals surface area contributed by atoms with Crippen LogP contribution in [0.2, 0.25) is 10.0 Å². The molecule has 0 spiro atoms. The second-order valence-electron chi connectivity index (χ2n) is 7.84. The maximum atomic E-state index is 12.2. The molecule has 3 rings (SSSR count). The highest BCUT2D eigenvalue weighted by Crippen LogP contribution is 2.22. The van der Waals surface area contributed by atoms with Gasteiger partial charge in [0.1, 0.15) is 0 Å². The second kappa shape index (κ2) is 13.5. The van der Waals surface area contributed by atoms with E-state index >= 15 is 0 Å². The Morgan fingerprint density at radius 1 is 0.857 bits per heavy atom. The summed E-state index contributed by atoms with van der Waals surface area (Å²) in [5.74, 6) is 0.536. The topological polar surface area (TPSA) is 65.1 Å². The average Bonchev–Trinajstić information content (AvgIpc) is 2.84. The van der Waals surface area contributed by atoms with E-state index < -0.39 is 0 Å². The average molecular weight is 517 g/mol. The van der Waals surface area contributed by atoms with E-state index in [0.29, 0.717) is 21.5 Å². The highest BCUT2D eigenvalue weighted by atomic mass is 35.5. The van der Waals surface area contributed by atoms with E-state index in [0.717, 1.165) is 17.7 Å². The molecule has 0 fully saturated rings. The van der Waals surface area contributed by atoms with Gasteiger partial charge in [-0.15, -0.1) is 5.06 Å². The smallest absolute Gasteiger partial charge is 0.357 e. The molecule has 0 saturated carbocycles. The lowest BCUT2D eigenvalue weighted by molar-refractivity contribution is 0.190. The standard InChI is InChI=1S/C15H15ClN2O2.C11H15ClN2O/c1-17(2)15(19)18(13-6-4-3-5-7-13)20-14-10-8-12(16)9-11-14;1-4-8-5-6-9(7-10(8)12)13-11(15)14(2)3/h3-11H,1-2H3;5-7H,4H2,1-3H3,(H,13,15). The summed E-state index contributed by atoms with van der Waals surface area (Å²) in [5.41, 5.74) is 2.46. The molecule has 0 atom stereocenters. The lowest BCUT2D eigenvalue weighted by Gasteiger charge is -2.25. The summed E-state index contributed by atoms with van der Waals surface area (Å²) in [6, 6.07) is 21.1. The third kappa shape index (κ3) is 8.70. The van der Waals surface area contributed by atoms with Crippen molar-refractivity contribution in [1.29, 1.82) is 0 Å². The number of hydrogen-bond donors (Lipinski definition) is 1. The largest absolute Gasteiger partial charge is 0.370 e. The van der Waals surface area contributed by atoms with E-state index in [9.17, 15) is 9.59 Å². The first-order valence-corrected chi connectivity index (χ1v) is 11.6. The molecule has 0 aromatic heterocycles. The normalized spacial score (nSPS) is 9.91. The first kappa shape index (κ1) is 27.8. The molecule has 9 heteroatoms. The lowest BCUT2D eigenvalue weighted by atomic mass is 10.1. The summed E-state index contributed by atoms with van der Waals surface area (Å²) >= 11 is 11.9. The summed E-state index contributed by atoms with van der Waals surface area (Å²) in [6.07, 6.45) is 0.890. The maximum absolute atomic E-state index is 12.2. The molecule has 3 aromatic rings. The lowest BCUT2D eigenvalue weighted by Crippen LogP contribution is -2.41. The van der Waals surface area contributed by atoms with Crippen LogP contribution in [0.4, 0.5) is 21.0 Å². The molecule has 1 N–H and O–H groups in total. The molecule has 0 saturated heterocycles. The molecule has 0 aliphatic heterocycles. The fourth-order valence-electron chi connectivity index (χ4n) is 2.70. The van der Waals surface area contributed by atoms with Gasteiger partial charge < -0.3 is 20.0 Å². The number of urea groups is 2. The maximum Gasteiger partial charge on any atom is 0.357 e. The van der Waals surface area contributed by atoms with Gasteiger partial charge in [0.25, 0.3) is 0 Å². The summed E-state index contributed by atoms with van der Waals surface area (Å²) in [7, 11) is 6.72. The Labute approximate surface area is 216 Å². The number of carbonyl (C=O) groups excluding carboxylic acids is 2.